The molecule has 0 saturated carbocycles. The molecule has 0 aromatic heterocycles. The van der Waals surface area contributed by atoms with E-state index in [0.29, 0.717) is 0 Å². The molecule has 1 aromatic rings. The summed E-state index contributed by atoms with van der Waals surface area (Å²) in [6, 6.07) is 12.0. The Kier molecular flexibility index (Phi) is 5.61. The smallest absolute Gasteiger partial charge is 0.0623 e. The maximum absolute atomic E-state index is 2.00. The van der Waals surface area contributed by atoms with E-state index in [1.165, 1.54) is 0 Å². The predicted octanol–water partition coefficient (Wildman–Crippen LogP) is -1.31. The Bertz CT molecular complexity index is 76.1. The fraction of sp³-hybridized carbons (Fsp3) is 0. The molecule has 1 rings (SSSR count). The summed E-state index contributed by atoms with van der Waals surface area (Å²) in [7, 11) is 0. The molecule has 0 aliphatic heterocycles. The second kappa shape index (κ2) is 5.00. The third-order valence-electron chi connectivity index (χ3n) is 0.667. The third kappa shape index (κ3) is 3.44. The largest absolute Gasteiger partial charge is 1.00 e. The van der Waals surface area contributed by atoms with Crippen molar-refractivity contribution in [3.63, 3.8) is 0 Å². The molecular weight excluding hydrogens is 111 g/mol. The van der Waals surface area contributed by atoms with E-state index in [9.17, 15) is 0 Å². The molecule has 0 aliphatic carbocycles. The van der Waals surface area contributed by atoms with E-state index in [1.807, 2.05) is 36.4 Å². The van der Waals surface area contributed by atoms with Crippen LogP contribution in [-0.4, -0.2) is 0 Å². The summed E-state index contributed by atoms with van der Waals surface area (Å²) < 4.78 is 0. The van der Waals surface area contributed by atoms with Crippen LogP contribution in [0.1, 0.15) is 0 Å². The van der Waals surface area contributed by atoms with Gasteiger partial charge in [-0.15, -0.1) is 0 Å². The number of hydrogen-bond acceptors (Lipinski definition) is 0. The average Bonchev–Trinajstić information content (AvgIpc) is 1.72. The summed E-state index contributed by atoms with van der Waals surface area (Å²) >= 11 is 0. The first kappa shape index (κ1) is 7.86. The molecule has 0 heterocycles. The van der Waals surface area contributed by atoms with Gasteiger partial charge >= 0.3 is 51.4 Å². The van der Waals surface area contributed by atoms with Gasteiger partial charge in [0.25, 0.3) is 0 Å². The van der Waals surface area contributed by atoms with Crippen molar-refractivity contribution in [2.75, 3.05) is 0 Å². The summed E-state index contributed by atoms with van der Waals surface area (Å²) in [6.45, 7) is 0. The first-order valence-electron chi connectivity index (χ1n) is 2.00. The zero-order valence-corrected chi connectivity index (χ0v) is 7.59. The Labute approximate surface area is 86.4 Å². The van der Waals surface area contributed by atoms with Crippen molar-refractivity contribution in [2.24, 2.45) is 0 Å². The van der Waals surface area contributed by atoms with Crippen LogP contribution >= 0.6 is 0 Å². The Balaban J connectivity index is 0.000000360. The van der Waals surface area contributed by atoms with Gasteiger partial charge in [-0.05, 0) is 0 Å². The van der Waals surface area contributed by atoms with Crippen molar-refractivity contribution in [1.82, 2.24) is 0 Å². The molecule has 0 nitrogen and oxygen atoms in total. The standard InChI is InChI=1S/C6H6.K/c1-2-4-6-5-3-1;/h1-6H;/q;+1. The average molecular weight is 117 g/mol. The predicted molar refractivity (Wildman–Crippen MR) is 26.4 cm³/mol. The van der Waals surface area contributed by atoms with Crippen molar-refractivity contribution >= 4 is 0 Å². The van der Waals surface area contributed by atoms with E-state index in [1.54, 1.807) is 0 Å². The fourth-order valence-corrected chi connectivity index (χ4v) is 0.385. The van der Waals surface area contributed by atoms with Gasteiger partial charge in [-0.3, -0.25) is 0 Å². The van der Waals surface area contributed by atoms with E-state index >= 15 is 0 Å². The zero-order valence-electron chi connectivity index (χ0n) is 4.46. The van der Waals surface area contributed by atoms with Crippen molar-refractivity contribution in [3.05, 3.63) is 36.4 Å². The number of rotatable bonds is 0. The van der Waals surface area contributed by atoms with Crippen molar-refractivity contribution in [3.8, 4) is 0 Å². The molecule has 0 spiro atoms. The SMILES string of the molecule is [K+].c1ccccc1. The van der Waals surface area contributed by atoms with Crippen LogP contribution in [-0.2, 0) is 0 Å². The van der Waals surface area contributed by atoms with Crippen LogP contribution in [0.15, 0.2) is 36.4 Å². The van der Waals surface area contributed by atoms with Crippen LogP contribution in [0.25, 0.3) is 0 Å². The summed E-state index contributed by atoms with van der Waals surface area (Å²) in [5.74, 6) is 0. The molecule has 1 aromatic carbocycles. The van der Waals surface area contributed by atoms with E-state index < -0.39 is 0 Å². The molecule has 0 N–H and O–H groups in total. The molecule has 0 fully saturated rings. The molecule has 30 valence electrons. The minimum atomic E-state index is 0. The molecule has 0 unspecified atom stereocenters. The van der Waals surface area contributed by atoms with Gasteiger partial charge in [-0.1, -0.05) is 36.4 Å². The van der Waals surface area contributed by atoms with Gasteiger partial charge in [-0.2, -0.15) is 0 Å². The summed E-state index contributed by atoms with van der Waals surface area (Å²) in [5, 5.41) is 0. The van der Waals surface area contributed by atoms with Crippen LogP contribution in [0.5, 0.6) is 0 Å². The minimum absolute atomic E-state index is 0. The Hall–Kier alpha value is 0.856. The van der Waals surface area contributed by atoms with Gasteiger partial charge in [0.05, 0.1) is 0 Å². The van der Waals surface area contributed by atoms with Crippen LogP contribution in [0.4, 0.5) is 0 Å². The summed E-state index contributed by atoms with van der Waals surface area (Å²) in [4.78, 5) is 0. The van der Waals surface area contributed by atoms with Gasteiger partial charge < -0.3 is 0 Å². The van der Waals surface area contributed by atoms with Crippen LogP contribution < -0.4 is 51.4 Å². The molecule has 1 heteroatoms. The monoisotopic (exact) mass is 117 g/mol. The number of hydrogen-bond donors (Lipinski definition) is 0. The van der Waals surface area contributed by atoms with Gasteiger partial charge in [0.1, 0.15) is 0 Å². The quantitative estimate of drug-likeness (QED) is 0.370. The molecule has 7 heavy (non-hydrogen) atoms. The molecular formula is C6H6K+. The van der Waals surface area contributed by atoms with Crippen molar-refractivity contribution < 1.29 is 51.4 Å². The van der Waals surface area contributed by atoms with Gasteiger partial charge in [0.15, 0.2) is 0 Å². The molecule has 0 aliphatic rings. The normalized spacial score (nSPS) is 6.86. The van der Waals surface area contributed by atoms with Crippen molar-refractivity contribution in [1.29, 1.82) is 0 Å². The van der Waals surface area contributed by atoms with E-state index in [2.05, 4.69) is 0 Å². The number of benzene rings is 1. The van der Waals surface area contributed by atoms with Crippen molar-refractivity contribution in [2.45, 2.75) is 0 Å². The molecule has 0 radical (unpaired) electrons. The zero-order chi connectivity index (χ0) is 4.24. The topological polar surface area (TPSA) is 0 Å². The molecule has 0 amide bonds. The van der Waals surface area contributed by atoms with Gasteiger partial charge in [0, 0.05) is 0 Å². The summed E-state index contributed by atoms with van der Waals surface area (Å²) in [5.41, 5.74) is 0. The van der Waals surface area contributed by atoms with E-state index in [4.69, 9.17) is 0 Å². The third-order valence-corrected chi connectivity index (χ3v) is 0.667. The van der Waals surface area contributed by atoms with Crippen LogP contribution in [0.2, 0.25) is 0 Å². The Morgan fingerprint density at radius 1 is 0.429 bits per heavy atom. The maximum Gasteiger partial charge on any atom is 1.00 e. The minimum Gasteiger partial charge on any atom is -0.0623 e. The fourth-order valence-electron chi connectivity index (χ4n) is 0.385. The van der Waals surface area contributed by atoms with E-state index in [0.717, 1.165) is 0 Å². The second-order valence-electron chi connectivity index (χ2n) is 1.15. The van der Waals surface area contributed by atoms with Gasteiger partial charge in [0.2, 0.25) is 0 Å². The Morgan fingerprint density at radius 2 is 0.571 bits per heavy atom. The van der Waals surface area contributed by atoms with Crippen LogP contribution in [0, 0.1) is 0 Å². The van der Waals surface area contributed by atoms with Gasteiger partial charge in [-0.25, -0.2) is 0 Å². The summed E-state index contributed by atoms with van der Waals surface area (Å²) in [6.07, 6.45) is 0. The van der Waals surface area contributed by atoms with Crippen LogP contribution in [0.3, 0.4) is 0 Å². The first-order valence-corrected chi connectivity index (χ1v) is 2.00. The van der Waals surface area contributed by atoms with E-state index in [-0.39, 0.29) is 51.4 Å². The second-order valence-corrected chi connectivity index (χ2v) is 1.15. The molecule has 0 atom stereocenters. The molecule has 0 bridgehead atoms. The molecule has 0 saturated heterocycles. The Morgan fingerprint density at radius 3 is 0.714 bits per heavy atom. The maximum atomic E-state index is 2.00. The first-order chi connectivity index (χ1) is 3.00.